The van der Waals surface area contributed by atoms with E-state index in [0.717, 1.165) is 18.2 Å². The van der Waals surface area contributed by atoms with E-state index in [0.29, 0.717) is 10.8 Å². The van der Waals surface area contributed by atoms with Gasteiger partial charge < -0.3 is 5.73 Å². The predicted octanol–water partition coefficient (Wildman–Crippen LogP) is 4.18. The average Bonchev–Trinajstić information content (AvgIpc) is 2.33. The Balaban J connectivity index is 2.00. The Kier molecular flexibility index (Phi) is 3.89. The molecule has 2 atom stereocenters. The number of hydrogen-bond acceptors (Lipinski definition) is 2. The lowest BCUT2D eigenvalue weighted by atomic mass is 9.57. The van der Waals surface area contributed by atoms with Crippen molar-refractivity contribution in [2.24, 2.45) is 11.1 Å². The van der Waals surface area contributed by atoms with E-state index in [1.807, 2.05) is 12.1 Å². The lowest BCUT2D eigenvalue weighted by Gasteiger charge is -2.50. The molecular weight excluding hydrogens is 271 g/mol. The molecule has 19 heavy (non-hydrogen) atoms. The molecule has 106 valence electrons. The first-order chi connectivity index (χ1) is 8.70. The summed E-state index contributed by atoms with van der Waals surface area (Å²) in [7, 11) is 0. The van der Waals surface area contributed by atoms with Gasteiger partial charge in [0.25, 0.3) is 0 Å². The summed E-state index contributed by atoms with van der Waals surface area (Å²) in [6.45, 7) is 4.27. The number of hydrogen-bond donors (Lipinski definition) is 1. The van der Waals surface area contributed by atoms with E-state index >= 15 is 0 Å². The van der Waals surface area contributed by atoms with Crippen LogP contribution in [0.15, 0.2) is 29.2 Å². The zero-order valence-electron chi connectivity index (χ0n) is 11.0. The molecular formula is C14H18F3NS. The second-order valence-electron chi connectivity index (χ2n) is 5.69. The number of thioether (sulfide) groups is 1. The standard InChI is InChI=1S/C14H18F3NS/c1-13(2)11(7-12(13)18)9-3-5-10(6-4-9)19-8-14(15,16)17/h3-6,11-12H,7-8,18H2,1-2H3. The van der Waals surface area contributed by atoms with Crippen molar-refractivity contribution in [2.75, 3.05) is 5.75 Å². The molecule has 2 unspecified atom stereocenters. The summed E-state index contributed by atoms with van der Waals surface area (Å²) in [5, 5.41) is 0. The molecule has 1 aliphatic carbocycles. The predicted molar refractivity (Wildman–Crippen MR) is 72.3 cm³/mol. The van der Waals surface area contributed by atoms with Crippen molar-refractivity contribution >= 4 is 11.8 Å². The van der Waals surface area contributed by atoms with E-state index < -0.39 is 11.9 Å². The summed E-state index contributed by atoms with van der Waals surface area (Å²) in [5.41, 5.74) is 7.22. The summed E-state index contributed by atoms with van der Waals surface area (Å²) >= 11 is 0.824. The highest BCUT2D eigenvalue weighted by atomic mass is 32.2. The normalized spacial score (nSPS) is 26.0. The highest BCUT2D eigenvalue weighted by Crippen LogP contribution is 2.51. The first-order valence-electron chi connectivity index (χ1n) is 6.25. The van der Waals surface area contributed by atoms with Gasteiger partial charge in [-0.1, -0.05) is 26.0 Å². The molecule has 0 aliphatic heterocycles. The number of rotatable bonds is 3. The Labute approximate surface area is 115 Å². The van der Waals surface area contributed by atoms with Crippen LogP contribution in [0.25, 0.3) is 0 Å². The summed E-state index contributed by atoms with van der Waals surface area (Å²) in [6.07, 6.45) is -3.17. The van der Waals surface area contributed by atoms with Crippen molar-refractivity contribution in [3.63, 3.8) is 0 Å². The third-order valence-corrected chi connectivity index (χ3v) is 5.11. The molecule has 1 saturated carbocycles. The molecule has 0 amide bonds. The summed E-state index contributed by atoms with van der Waals surface area (Å²) in [4.78, 5) is 0.655. The minimum Gasteiger partial charge on any atom is -0.327 e. The zero-order chi connectivity index (χ0) is 14.3. The van der Waals surface area contributed by atoms with Crippen LogP contribution in [0.4, 0.5) is 13.2 Å². The summed E-state index contributed by atoms with van der Waals surface area (Å²) < 4.78 is 36.4. The maximum absolute atomic E-state index is 12.1. The van der Waals surface area contributed by atoms with E-state index in [4.69, 9.17) is 5.73 Å². The molecule has 0 spiro atoms. The topological polar surface area (TPSA) is 26.0 Å². The van der Waals surface area contributed by atoms with Gasteiger partial charge in [0.05, 0.1) is 5.75 Å². The molecule has 2 N–H and O–H groups in total. The van der Waals surface area contributed by atoms with E-state index in [2.05, 4.69) is 13.8 Å². The first-order valence-corrected chi connectivity index (χ1v) is 7.24. The average molecular weight is 289 g/mol. The molecule has 0 bridgehead atoms. The van der Waals surface area contributed by atoms with Gasteiger partial charge in [0.15, 0.2) is 0 Å². The van der Waals surface area contributed by atoms with E-state index in [-0.39, 0.29) is 11.5 Å². The molecule has 1 fully saturated rings. The molecule has 0 heterocycles. The molecule has 5 heteroatoms. The molecule has 0 radical (unpaired) electrons. The Morgan fingerprint density at radius 2 is 1.84 bits per heavy atom. The molecule has 1 aromatic rings. The van der Waals surface area contributed by atoms with Crippen LogP contribution in [0.5, 0.6) is 0 Å². The van der Waals surface area contributed by atoms with Gasteiger partial charge in [-0.05, 0) is 35.4 Å². The fraction of sp³-hybridized carbons (Fsp3) is 0.571. The molecule has 1 nitrogen and oxygen atoms in total. The third-order valence-electron chi connectivity index (χ3n) is 4.03. The Hall–Kier alpha value is -0.680. The minimum absolute atomic E-state index is 0.0701. The van der Waals surface area contributed by atoms with Gasteiger partial charge in [-0.2, -0.15) is 13.2 Å². The Morgan fingerprint density at radius 1 is 1.26 bits per heavy atom. The Bertz CT molecular complexity index is 439. The van der Waals surface area contributed by atoms with Crippen LogP contribution in [0.2, 0.25) is 0 Å². The molecule has 0 saturated heterocycles. The highest BCUT2D eigenvalue weighted by molar-refractivity contribution is 7.99. The molecule has 1 aliphatic rings. The summed E-state index contributed by atoms with van der Waals surface area (Å²) in [5.74, 6) is -0.434. The van der Waals surface area contributed by atoms with Gasteiger partial charge in [0, 0.05) is 10.9 Å². The highest BCUT2D eigenvalue weighted by Gasteiger charge is 2.46. The van der Waals surface area contributed by atoms with Gasteiger partial charge in [0.2, 0.25) is 0 Å². The fourth-order valence-corrected chi connectivity index (χ4v) is 3.15. The molecule has 0 aromatic heterocycles. The maximum Gasteiger partial charge on any atom is 0.398 e. The lowest BCUT2D eigenvalue weighted by molar-refractivity contribution is -0.105. The fourth-order valence-electron chi connectivity index (χ4n) is 2.49. The summed E-state index contributed by atoms with van der Waals surface area (Å²) in [6, 6.07) is 7.60. The van der Waals surface area contributed by atoms with Crippen LogP contribution in [0.1, 0.15) is 31.7 Å². The van der Waals surface area contributed by atoms with Gasteiger partial charge in [-0.15, -0.1) is 11.8 Å². The smallest absolute Gasteiger partial charge is 0.327 e. The minimum atomic E-state index is -4.12. The van der Waals surface area contributed by atoms with Crippen molar-refractivity contribution in [1.82, 2.24) is 0 Å². The molecule has 2 rings (SSSR count). The Morgan fingerprint density at radius 3 is 2.26 bits per heavy atom. The monoisotopic (exact) mass is 289 g/mol. The largest absolute Gasteiger partial charge is 0.398 e. The third kappa shape index (κ3) is 3.26. The number of alkyl halides is 3. The van der Waals surface area contributed by atoms with E-state index in [9.17, 15) is 13.2 Å². The van der Waals surface area contributed by atoms with Crippen molar-refractivity contribution in [1.29, 1.82) is 0 Å². The van der Waals surface area contributed by atoms with Crippen molar-refractivity contribution in [3.05, 3.63) is 29.8 Å². The number of nitrogens with two attached hydrogens (primary N) is 1. The lowest BCUT2D eigenvalue weighted by Crippen LogP contribution is -2.52. The van der Waals surface area contributed by atoms with Crippen LogP contribution < -0.4 is 5.73 Å². The first kappa shape index (κ1) is 14.7. The van der Waals surface area contributed by atoms with Crippen molar-refractivity contribution in [2.45, 2.75) is 43.3 Å². The number of halogens is 3. The van der Waals surface area contributed by atoms with Crippen LogP contribution in [-0.2, 0) is 0 Å². The maximum atomic E-state index is 12.1. The van der Waals surface area contributed by atoms with Crippen LogP contribution in [0, 0.1) is 5.41 Å². The molecule has 1 aromatic carbocycles. The van der Waals surface area contributed by atoms with Gasteiger partial charge >= 0.3 is 6.18 Å². The second-order valence-corrected chi connectivity index (χ2v) is 6.74. The quantitative estimate of drug-likeness (QED) is 0.845. The zero-order valence-corrected chi connectivity index (χ0v) is 11.8. The van der Waals surface area contributed by atoms with Crippen molar-refractivity contribution in [3.8, 4) is 0 Å². The van der Waals surface area contributed by atoms with Crippen LogP contribution in [-0.4, -0.2) is 18.0 Å². The van der Waals surface area contributed by atoms with E-state index in [1.54, 1.807) is 12.1 Å². The van der Waals surface area contributed by atoms with Gasteiger partial charge in [-0.25, -0.2) is 0 Å². The van der Waals surface area contributed by atoms with Crippen molar-refractivity contribution < 1.29 is 13.2 Å². The van der Waals surface area contributed by atoms with E-state index in [1.165, 1.54) is 5.56 Å². The number of benzene rings is 1. The van der Waals surface area contributed by atoms with Gasteiger partial charge in [-0.3, -0.25) is 0 Å². The SMILES string of the molecule is CC1(C)C(N)CC1c1ccc(SCC(F)(F)F)cc1. The second kappa shape index (κ2) is 5.02. The van der Waals surface area contributed by atoms with Gasteiger partial charge in [0.1, 0.15) is 0 Å². The van der Waals surface area contributed by atoms with Crippen LogP contribution >= 0.6 is 11.8 Å². The van der Waals surface area contributed by atoms with Crippen LogP contribution in [0.3, 0.4) is 0 Å².